The van der Waals surface area contributed by atoms with Gasteiger partial charge in [0, 0.05) is 6.54 Å². The van der Waals surface area contributed by atoms with Crippen LogP contribution in [0.1, 0.15) is 26.2 Å². The van der Waals surface area contributed by atoms with E-state index in [4.69, 9.17) is 0 Å². The molecule has 5 nitrogen and oxygen atoms in total. The maximum Gasteiger partial charge on any atom is 0.253 e. The summed E-state index contributed by atoms with van der Waals surface area (Å²) in [7, 11) is -3.45. The lowest BCUT2D eigenvalue weighted by Gasteiger charge is -2.31. The van der Waals surface area contributed by atoms with Gasteiger partial charge in [-0.15, -0.1) is 4.83 Å². The predicted octanol–water partition coefficient (Wildman–Crippen LogP) is 1.59. The number of nitrogens with one attached hydrogen (secondary N) is 2. The Kier molecular flexibility index (Phi) is 6.17. The molecule has 0 atom stereocenters. The van der Waals surface area contributed by atoms with Crippen LogP contribution >= 0.6 is 0 Å². The molecule has 2 N–H and O–H groups in total. The number of rotatable bonds is 7. The molecule has 2 rings (SSSR count). The molecule has 1 aliphatic rings. The fraction of sp³-hybridized carbons (Fsp3) is 0.600. The lowest BCUT2D eigenvalue weighted by molar-refractivity contribution is 0.182. The number of benzene rings is 1. The molecule has 1 fully saturated rings. The van der Waals surface area contributed by atoms with Crippen molar-refractivity contribution in [2.75, 3.05) is 26.2 Å². The Bertz CT molecular complexity index is 511. The van der Waals surface area contributed by atoms with Crippen LogP contribution in [0.2, 0.25) is 0 Å². The van der Waals surface area contributed by atoms with Crippen molar-refractivity contribution in [2.45, 2.75) is 31.1 Å². The minimum absolute atomic E-state index is 0.287. The second kappa shape index (κ2) is 7.89. The van der Waals surface area contributed by atoms with Gasteiger partial charge in [-0.3, -0.25) is 0 Å². The van der Waals surface area contributed by atoms with E-state index in [1.165, 1.54) is 13.0 Å². The summed E-state index contributed by atoms with van der Waals surface area (Å²) in [5, 5.41) is 0. The molecule has 1 heterocycles. The van der Waals surface area contributed by atoms with Gasteiger partial charge in [0.2, 0.25) is 0 Å². The summed E-state index contributed by atoms with van der Waals surface area (Å²) in [4.78, 5) is 5.23. The molecule has 1 aromatic rings. The zero-order valence-corrected chi connectivity index (χ0v) is 13.4. The fourth-order valence-corrected chi connectivity index (χ4v) is 3.58. The lowest BCUT2D eigenvalue weighted by Crippen LogP contribution is -2.43. The standard InChI is InChI=1S/C15H25N3O2S/c1-2-10-18-11-8-14(9-12-18)13-16-17-21(19,20)15-6-4-3-5-7-15/h3-7,14,16-17H,2,8-13H2,1H3. The van der Waals surface area contributed by atoms with Crippen LogP contribution in [-0.4, -0.2) is 39.5 Å². The van der Waals surface area contributed by atoms with Gasteiger partial charge < -0.3 is 4.90 Å². The third kappa shape index (κ3) is 5.07. The molecule has 1 saturated heterocycles. The zero-order chi connectivity index (χ0) is 15.1. The third-order valence-corrected chi connectivity index (χ3v) is 5.20. The number of hydrogen-bond acceptors (Lipinski definition) is 4. The lowest BCUT2D eigenvalue weighted by atomic mass is 9.97. The van der Waals surface area contributed by atoms with Crippen LogP contribution in [0.15, 0.2) is 35.2 Å². The average Bonchev–Trinajstić information content (AvgIpc) is 2.50. The normalized spacial score (nSPS) is 18.0. The summed E-state index contributed by atoms with van der Waals surface area (Å²) in [6, 6.07) is 8.42. The molecule has 118 valence electrons. The number of hydrogen-bond donors (Lipinski definition) is 2. The largest absolute Gasteiger partial charge is 0.303 e. The van der Waals surface area contributed by atoms with Gasteiger partial charge in [0.1, 0.15) is 0 Å². The van der Waals surface area contributed by atoms with Crippen molar-refractivity contribution in [3.63, 3.8) is 0 Å². The molecule has 1 aromatic carbocycles. The van der Waals surface area contributed by atoms with Crippen molar-refractivity contribution in [1.29, 1.82) is 0 Å². The molecular formula is C15H25N3O2S. The molecule has 0 radical (unpaired) electrons. The van der Waals surface area contributed by atoms with Crippen LogP contribution in [0.4, 0.5) is 0 Å². The highest BCUT2D eigenvalue weighted by Gasteiger charge is 2.19. The summed E-state index contributed by atoms with van der Waals surface area (Å²) in [5.74, 6) is 0.538. The molecule has 0 spiro atoms. The van der Waals surface area contributed by atoms with Gasteiger partial charge >= 0.3 is 0 Å². The maximum absolute atomic E-state index is 12.0. The van der Waals surface area contributed by atoms with Gasteiger partial charge in [-0.05, 0) is 56.9 Å². The van der Waals surface area contributed by atoms with Crippen LogP contribution in [0, 0.1) is 5.92 Å². The fourth-order valence-electron chi connectivity index (χ4n) is 2.67. The van der Waals surface area contributed by atoms with E-state index in [1.807, 2.05) is 0 Å². The van der Waals surface area contributed by atoms with Crippen LogP contribution in [0.3, 0.4) is 0 Å². The van der Waals surface area contributed by atoms with Crippen molar-refractivity contribution >= 4 is 10.0 Å². The maximum atomic E-state index is 12.0. The Morgan fingerprint density at radius 2 is 1.86 bits per heavy atom. The van der Waals surface area contributed by atoms with E-state index < -0.39 is 10.0 Å². The SMILES string of the molecule is CCCN1CCC(CNNS(=O)(=O)c2ccccc2)CC1. The van der Waals surface area contributed by atoms with Crippen molar-refractivity contribution in [3.05, 3.63) is 30.3 Å². The quantitative estimate of drug-likeness (QED) is 0.751. The summed E-state index contributed by atoms with van der Waals surface area (Å²) in [6.45, 7) is 6.29. The molecule has 21 heavy (non-hydrogen) atoms. The van der Waals surface area contributed by atoms with Crippen LogP contribution < -0.4 is 10.3 Å². The van der Waals surface area contributed by atoms with Gasteiger partial charge in [-0.25, -0.2) is 13.8 Å². The smallest absolute Gasteiger partial charge is 0.253 e. The summed E-state index contributed by atoms with van der Waals surface area (Å²) >= 11 is 0. The Labute approximate surface area is 127 Å². The van der Waals surface area contributed by atoms with E-state index in [0.29, 0.717) is 12.5 Å². The van der Waals surface area contributed by atoms with Crippen molar-refractivity contribution in [2.24, 2.45) is 5.92 Å². The minimum Gasteiger partial charge on any atom is -0.303 e. The molecule has 0 amide bonds. The number of piperidine rings is 1. The van der Waals surface area contributed by atoms with Gasteiger partial charge in [-0.1, -0.05) is 25.1 Å². The van der Waals surface area contributed by atoms with Crippen molar-refractivity contribution < 1.29 is 8.42 Å². The van der Waals surface area contributed by atoms with Gasteiger partial charge in [0.25, 0.3) is 10.0 Å². The molecule has 6 heteroatoms. The molecule has 0 bridgehead atoms. The van der Waals surface area contributed by atoms with Gasteiger partial charge in [0.15, 0.2) is 0 Å². The first-order chi connectivity index (χ1) is 10.1. The zero-order valence-electron chi connectivity index (χ0n) is 12.6. The molecule has 0 unspecified atom stereocenters. The highest BCUT2D eigenvalue weighted by Crippen LogP contribution is 2.16. The Balaban J connectivity index is 1.73. The van der Waals surface area contributed by atoms with E-state index in [2.05, 4.69) is 22.1 Å². The number of sulfonamides is 1. The first-order valence-electron chi connectivity index (χ1n) is 7.64. The Morgan fingerprint density at radius 1 is 1.19 bits per heavy atom. The minimum atomic E-state index is -3.45. The van der Waals surface area contributed by atoms with E-state index in [0.717, 1.165) is 25.9 Å². The number of hydrazine groups is 1. The monoisotopic (exact) mass is 311 g/mol. The molecule has 0 saturated carbocycles. The van der Waals surface area contributed by atoms with Crippen molar-refractivity contribution in [1.82, 2.24) is 15.2 Å². The number of likely N-dealkylation sites (tertiary alicyclic amines) is 1. The summed E-state index contributed by atoms with van der Waals surface area (Å²) in [6.07, 6.45) is 3.44. The Hall–Kier alpha value is -0.950. The first-order valence-corrected chi connectivity index (χ1v) is 9.12. The summed E-state index contributed by atoms with van der Waals surface area (Å²) < 4.78 is 24.1. The molecule has 0 aliphatic carbocycles. The predicted molar refractivity (Wildman–Crippen MR) is 84.2 cm³/mol. The Morgan fingerprint density at radius 3 is 2.48 bits per heavy atom. The second-order valence-electron chi connectivity index (χ2n) is 5.58. The molecular weight excluding hydrogens is 286 g/mol. The van der Waals surface area contributed by atoms with Gasteiger partial charge in [0.05, 0.1) is 4.90 Å². The van der Waals surface area contributed by atoms with E-state index in [-0.39, 0.29) is 4.90 Å². The van der Waals surface area contributed by atoms with E-state index in [9.17, 15) is 8.42 Å². The highest BCUT2D eigenvalue weighted by molar-refractivity contribution is 7.89. The second-order valence-corrected chi connectivity index (χ2v) is 7.27. The van der Waals surface area contributed by atoms with Crippen molar-refractivity contribution in [3.8, 4) is 0 Å². The summed E-state index contributed by atoms with van der Waals surface area (Å²) in [5.41, 5.74) is 2.88. The van der Waals surface area contributed by atoms with E-state index in [1.54, 1.807) is 30.3 Å². The highest BCUT2D eigenvalue weighted by atomic mass is 32.2. The van der Waals surface area contributed by atoms with Gasteiger partial charge in [-0.2, -0.15) is 0 Å². The third-order valence-electron chi connectivity index (χ3n) is 3.90. The molecule has 0 aromatic heterocycles. The van der Waals surface area contributed by atoms with E-state index >= 15 is 0 Å². The van der Waals surface area contributed by atoms with Crippen LogP contribution in [0.5, 0.6) is 0 Å². The topological polar surface area (TPSA) is 61.4 Å². The molecule has 1 aliphatic heterocycles. The first kappa shape index (κ1) is 16.4. The number of nitrogens with zero attached hydrogens (tertiary/aromatic N) is 1. The van der Waals surface area contributed by atoms with Crippen LogP contribution in [-0.2, 0) is 10.0 Å². The van der Waals surface area contributed by atoms with Crippen LogP contribution in [0.25, 0.3) is 0 Å². The average molecular weight is 311 g/mol.